The number of hydrogen-bond donors (Lipinski definition) is 0. The van der Waals surface area contributed by atoms with E-state index in [9.17, 15) is 0 Å². The zero-order chi connectivity index (χ0) is 14.9. The highest BCUT2D eigenvalue weighted by molar-refractivity contribution is 6.31. The van der Waals surface area contributed by atoms with Gasteiger partial charge in [-0.25, -0.2) is 0 Å². The zero-order valence-corrected chi connectivity index (χ0v) is 13.9. The Morgan fingerprint density at radius 2 is 1.73 bits per heavy atom. The smallest absolute Gasteiger partial charge is 0.0451 e. The number of fused-ring (bicyclic) bond motifs is 2. The van der Waals surface area contributed by atoms with Gasteiger partial charge >= 0.3 is 0 Å². The van der Waals surface area contributed by atoms with Crippen LogP contribution in [0.4, 0.5) is 0 Å². The molecular weight excluding hydrogens is 292 g/mol. The quantitative estimate of drug-likeness (QED) is 0.782. The topological polar surface area (TPSA) is 6.48 Å². The summed E-state index contributed by atoms with van der Waals surface area (Å²) in [6.07, 6.45) is 7.79. The van der Waals surface area contributed by atoms with E-state index in [-0.39, 0.29) is 0 Å². The average Bonchev–Trinajstić information content (AvgIpc) is 3.14. The molecule has 4 rings (SSSR count). The van der Waals surface area contributed by atoms with Crippen molar-refractivity contribution in [3.05, 3.63) is 47.0 Å². The highest BCUT2D eigenvalue weighted by Gasteiger charge is 2.36. The lowest BCUT2D eigenvalue weighted by Crippen LogP contribution is -2.47. The zero-order valence-electron chi connectivity index (χ0n) is 13.1. The van der Waals surface area contributed by atoms with Crippen LogP contribution in [0.2, 0.25) is 5.02 Å². The van der Waals surface area contributed by atoms with Crippen LogP contribution in [0.15, 0.2) is 36.4 Å². The van der Waals surface area contributed by atoms with Crippen LogP contribution in [0.5, 0.6) is 0 Å². The number of nitrogens with zero attached hydrogens (tertiary/aromatic N) is 2. The summed E-state index contributed by atoms with van der Waals surface area (Å²) in [5.41, 5.74) is 1.26. The summed E-state index contributed by atoms with van der Waals surface area (Å²) in [5.74, 6) is 2.70. The maximum Gasteiger partial charge on any atom is 0.0451 e. The Hall–Kier alpha value is -0.830. The molecule has 2 aliphatic carbocycles. The Bertz CT molecular complexity index is 548. The predicted molar refractivity (Wildman–Crippen MR) is 92.0 cm³/mol. The molecule has 1 aromatic carbocycles. The molecule has 1 heterocycles. The van der Waals surface area contributed by atoms with Crippen LogP contribution in [0.3, 0.4) is 0 Å². The Balaban J connectivity index is 1.26. The molecular formula is C19H25ClN2. The third kappa shape index (κ3) is 3.10. The summed E-state index contributed by atoms with van der Waals surface area (Å²) in [6.45, 7) is 7.06. The molecule has 0 N–H and O–H groups in total. The fourth-order valence-electron chi connectivity index (χ4n) is 4.43. The van der Waals surface area contributed by atoms with Gasteiger partial charge in [0.05, 0.1) is 0 Å². The van der Waals surface area contributed by atoms with E-state index < -0.39 is 0 Å². The van der Waals surface area contributed by atoms with E-state index in [1.807, 2.05) is 12.1 Å². The molecule has 2 fully saturated rings. The van der Waals surface area contributed by atoms with E-state index in [4.69, 9.17) is 11.6 Å². The van der Waals surface area contributed by atoms with Crippen molar-refractivity contribution in [1.82, 2.24) is 9.80 Å². The lowest BCUT2D eigenvalue weighted by molar-refractivity contribution is 0.108. The van der Waals surface area contributed by atoms with Crippen LogP contribution in [-0.4, -0.2) is 42.5 Å². The molecule has 2 bridgehead atoms. The summed E-state index contributed by atoms with van der Waals surface area (Å²) in [4.78, 5) is 5.22. The predicted octanol–water partition coefficient (Wildman–Crippen LogP) is 3.67. The molecule has 0 unspecified atom stereocenters. The maximum absolute atomic E-state index is 6.28. The molecule has 0 spiro atoms. The summed E-state index contributed by atoms with van der Waals surface area (Å²) in [7, 11) is 0. The van der Waals surface area contributed by atoms with Crippen molar-refractivity contribution < 1.29 is 0 Å². The van der Waals surface area contributed by atoms with Gasteiger partial charge in [-0.05, 0) is 42.2 Å². The average molecular weight is 317 g/mol. The molecule has 1 aliphatic heterocycles. The standard InChI is InChI=1S/C19H25ClN2/c20-19-4-2-1-3-17(19)13-21-7-9-22(10-8-21)14-18-12-15-5-6-16(18)11-15/h1-6,15-16,18H,7-14H2/t15-,16+,18+/m1/s1. The van der Waals surface area contributed by atoms with E-state index >= 15 is 0 Å². The first-order chi connectivity index (χ1) is 10.8. The van der Waals surface area contributed by atoms with Gasteiger partial charge in [-0.1, -0.05) is 42.0 Å². The van der Waals surface area contributed by atoms with Gasteiger partial charge in [0.15, 0.2) is 0 Å². The van der Waals surface area contributed by atoms with Crippen molar-refractivity contribution in [1.29, 1.82) is 0 Å². The van der Waals surface area contributed by atoms with Gasteiger partial charge in [-0.2, -0.15) is 0 Å². The molecule has 2 nitrogen and oxygen atoms in total. The van der Waals surface area contributed by atoms with E-state index in [1.165, 1.54) is 51.1 Å². The van der Waals surface area contributed by atoms with E-state index in [0.717, 1.165) is 29.3 Å². The van der Waals surface area contributed by atoms with Crippen molar-refractivity contribution >= 4 is 11.6 Å². The molecule has 0 aromatic heterocycles. The lowest BCUT2D eigenvalue weighted by Gasteiger charge is -2.37. The third-order valence-electron chi connectivity index (χ3n) is 5.73. The number of halogens is 1. The minimum absolute atomic E-state index is 0.881. The Labute approximate surface area is 138 Å². The van der Waals surface area contributed by atoms with Gasteiger partial charge < -0.3 is 4.90 Å². The third-order valence-corrected chi connectivity index (χ3v) is 6.09. The molecule has 118 valence electrons. The van der Waals surface area contributed by atoms with Gasteiger partial charge in [0.1, 0.15) is 0 Å². The molecule has 3 aliphatic rings. The Morgan fingerprint density at radius 3 is 2.41 bits per heavy atom. The van der Waals surface area contributed by atoms with Crippen LogP contribution in [0.25, 0.3) is 0 Å². The number of rotatable bonds is 4. The molecule has 3 heteroatoms. The highest BCUT2D eigenvalue weighted by atomic mass is 35.5. The van der Waals surface area contributed by atoms with Gasteiger partial charge in [0.25, 0.3) is 0 Å². The molecule has 1 saturated carbocycles. The van der Waals surface area contributed by atoms with E-state index in [0.29, 0.717) is 0 Å². The summed E-state index contributed by atoms with van der Waals surface area (Å²) in [6, 6.07) is 8.24. The van der Waals surface area contributed by atoms with E-state index in [1.54, 1.807) is 0 Å². The van der Waals surface area contributed by atoms with Crippen LogP contribution in [0.1, 0.15) is 18.4 Å². The lowest BCUT2D eigenvalue weighted by atomic mass is 9.93. The second-order valence-electron chi connectivity index (χ2n) is 7.21. The van der Waals surface area contributed by atoms with Gasteiger partial charge in [-0.3, -0.25) is 4.90 Å². The number of hydrogen-bond acceptors (Lipinski definition) is 2. The van der Waals surface area contributed by atoms with Crippen LogP contribution in [0, 0.1) is 17.8 Å². The fraction of sp³-hybridized carbons (Fsp3) is 0.579. The number of piperazine rings is 1. The van der Waals surface area contributed by atoms with Gasteiger partial charge in [0, 0.05) is 44.3 Å². The van der Waals surface area contributed by atoms with Crippen molar-refractivity contribution in [2.75, 3.05) is 32.7 Å². The van der Waals surface area contributed by atoms with Gasteiger partial charge in [0.2, 0.25) is 0 Å². The van der Waals surface area contributed by atoms with Crippen molar-refractivity contribution in [3.63, 3.8) is 0 Å². The molecule has 1 saturated heterocycles. The normalized spacial score (nSPS) is 32.0. The summed E-state index contributed by atoms with van der Waals surface area (Å²) < 4.78 is 0. The molecule has 1 aromatic rings. The maximum atomic E-state index is 6.28. The van der Waals surface area contributed by atoms with Gasteiger partial charge in [-0.15, -0.1) is 0 Å². The monoisotopic (exact) mass is 316 g/mol. The second kappa shape index (κ2) is 6.35. The second-order valence-corrected chi connectivity index (χ2v) is 7.62. The number of allylic oxidation sites excluding steroid dienone is 2. The first kappa shape index (κ1) is 14.7. The van der Waals surface area contributed by atoms with Crippen molar-refractivity contribution in [2.45, 2.75) is 19.4 Å². The van der Waals surface area contributed by atoms with Crippen molar-refractivity contribution in [2.24, 2.45) is 17.8 Å². The number of benzene rings is 1. The molecule has 0 radical (unpaired) electrons. The van der Waals surface area contributed by atoms with Crippen LogP contribution in [-0.2, 0) is 6.54 Å². The van der Waals surface area contributed by atoms with Crippen LogP contribution >= 0.6 is 11.6 Å². The fourth-order valence-corrected chi connectivity index (χ4v) is 4.63. The first-order valence-electron chi connectivity index (χ1n) is 8.64. The Kier molecular flexibility index (Phi) is 4.25. The summed E-state index contributed by atoms with van der Waals surface area (Å²) >= 11 is 6.28. The highest BCUT2D eigenvalue weighted by Crippen LogP contribution is 2.43. The van der Waals surface area contributed by atoms with E-state index in [2.05, 4.69) is 34.1 Å². The molecule has 22 heavy (non-hydrogen) atoms. The Morgan fingerprint density at radius 1 is 0.955 bits per heavy atom. The first-order valence-corrected chi connectivity index (χ1v) is 9.02. The van der Waals surface area contributed by atoms with Crippen molar-refractivity contribution in [3.8, 4) is 0 Å². The molecule has 3 atom stereocenters. The minimum Gasteiger partial charge on any atom is -0.300 e. The summed E-state index contributed by atoms with van der Waals surface area (Å²) in [5, 5.41) is 0.902. The molecule has 0 amide bonds. The SMILES string of the molecule is Clc1ccccc1CN1CCN(C[C@@H]2C[C@@H]3C=C[C@H]2C3)CC1. The minimum atomic E-state index is 0.881. The van der Waals surface area contributed by atoms with Crippen LogP contribution < -0.4 is 0 Å². The largest absolute Gasteiger partial charge is 0.300 e.